The van der Waals surface area contributed by atoms with E-state index in [1.807, 2.05) is 20.8 Å². The molecule has 0 amide bonds. The molecule has 26 heavy (non-hydrogen) atoms. The van der Waals surface area contributed by atoms with Gasteiger partial charge in [0, 0.05) is 60.6 Å². The third-order valence-corrected chi connectivity index (χ3v) is 6.24. The normalized spacial score (nSPS) is 19.0. The van der Waals surface area contributed by atoms with Crippen LogP contribution in [0.2, 0.25) is 0 Å². The monoisotopic (exact) mass is 502 g/mol. The summed E-state index contributed by atoms with van der Waals surface area (Å²) >= 11 is 0. The number of morpholine rings is 1. The fourth-order valence-electron chi connectivity index (χ4n) is 2.85. The van der Waals surface area contributed by atoms with Crippen LogP contribution in [0, 0.1) is 5.92 Å². The molecule has 1 aliphatic heterocycles. The zero-order chi connectivity index (χ0) is 18.9. The van der Waals surface area contributed by atoms with E-state index < -0.39 is 10.8 Å². The van der Waals surface area contributed by atoms with Crippen LogP contribution in [0.1, 0.15) is 41.0 Å². The highest BCUT2D eigenvalue weighted by atomic mass is 127. The molecule has 1 aliphatic rings. The van der Waals surface area contributed by atoms with Gasteiger partial charge in [-0.3, -0.25) is 14.1 Å². The number of hydrogen-bond donors (Lipinski definition) is 2. The second-order valence-electron chi connectivity index (χ2n) is 7.97. The number of hydrogen-bond acceptors (Lipinski definition) is 4. The maximum absolute atomic E-state index is 12.1. The van der Waals surface area contributed by atoms with E-state index in [1.165, 1.54) is 0 Å². The Balaban J connectivity index is 0.00000625. The highest BCUT2D eigenvalue weighted by molar-refractivity contribution is 14.0. The lowest BCUT2D eigenvalue weighted by Gasteiger charge is -2.35. The molecule has 0 aromatic carbocycles. The highest BCUT2D eigenvalue weighted by Crippen LogP contribution is 2.13. The van der Waals surface area contributed by atoms with Gasteiger partial charge in [-0.25, -0.2) is 0 Å². The molecule has 2 N–H and O–H groups in total. The van der Waals surface area contributed by atoms with Crippen molar-refractivity contribution in [3.8, 4) is 0 Å². The van der Waals surface area contributed by atoms with Crippen molar-refractivity contribution in [2.75, 3.05) is 52.2 Å². The molecule has 0 aliphatic carbocycles. The van der Waals surface area contributed by atoms with E-state index in [0.29, 0.717) is 24.3 Å². The van der Waals surface area contributed by atoms with Gasteiger partial charge in [0.25, 0.3) is 0 Å². The van der Waals surface area contributed by atoms with E-state index in [-0.39, 0.29) is 28.7 Å². The predicted octanol–water partition coefficient (Wildman–Crippen LogP) is 2.06. The Kier molecular flexibility index (Phi) is 13.3. The first-order valence-corrected chi connectivity index (χ1v) is 10.7. The molecular formula is C18H39IN4O2S. The average Bonchev–Trinajstić information content (AvgIpc) is 2.56. The summed E-state index contributed by atoms with van der Waals surface area (Å²) in [6.07, 6.45) is 1.15. The minimum Gasteiger partial charge on any atom is -0.379 e. The Bertz CT molecular complexity index is 435. The molecule has 1 saturated heterocycles. The average molecular weight is 503 g/mol. The quantitative estimate of drug-likeness (QED) is 0.302. The Morgan fingerprint density at radius 2 is 1.85 bits per heavy atom. The van der Waals surface area contributed by atoms with Gasteiger partial charge < -0.3 is 15.4 Å². The minimum atomic E-state index is -0.847. The summed E-state index contributed by atoms with van der Waals surface area (Å²) < 4.78 is 17.4. The molecule has 6 nitrogen and oxygen atoms in total. The SMILES string of the molecule is CN=C(NCCS(=O)C(C)(C)C)NCC(CC(C)C)N1CCOCC1.I. The van der Waals surface area contributed by atoms with E-state index in [9.17, 15) is 4.21 Å². The Labute approximate surface area is 179 Å². The molecule has 0 spiro atoms. The zero-order valence-electron chi connectivity index (χ0n) is 17.3. The first kappa shape index (κ1) is 26.1. The first-order chi connectivity index (χ1) is 11.7. The molecule has 0 saturated carbocycles. The van der Waals surface area contributed by atoms with Crippen LogP contribution in [0.15, 0.2) is 4.99 Å². The van der Waals surface area contributed by atoms with Gasteiger partial charge in [0.15, 0.2) is 5.96 Å². The second-order valence-corrected chi connectivity index (χ2v) is 10.3. The number of aliphatic imine (C=N–C) groups is 1. The fourth-order valence-corrected chi connectivity index (χ4v) is 3.75. The van der Waals surface area contributed by atoms with Crippen molar-refractivity contribution in [3.05, 3.63) is 0 Å². The van der Waals surface area contributed by atoms with Crippen LogP contribution in [0.5, 0.6) is 0 Å². The molecule has 156 valence electrons. The lowest BCUT2D eigenvalue weighted by molar-refractivity contribution is 0.0132. The summed E-state index contributed by atoms with van der Waals surface area (Å²) in [6, 6.07) is 0.478. The van der Waals surface area contributed by atoms with E-state index in [0.717, 1.165) is 45.2 Å². The highest BCUT2D eigenvalue weighted by Gasteiger charge is 2.22. The Morgan fingerprint density at radius 1 is 1.23 bits per heavy atom. The molecule has 0 aromatic heterocycles. The third kappa shape index (κ3) is 10.4. The number of rotatable bonds is 8. The molecule has 2 unspecified atom stereocenters. The van der Waals surface area contributed by atoms with Crippen LogP contribution in [0.4, 0.5) is 0 Å². The molecule has 1 fully saturated rings. The van der Waals surface area contributed by atoms with Gasteiger partial charge in [0.05, 0.1) is 13.2 Å². The standard InChI is InChI=1S/C18H38N4O2S.HI/c1-15(2)13-16(22-8-10-24-11-9-22)14-21-17(19-6)20-7-12-25(23)18(3,4)5;/h15-16H,7-14H2,1-6H3,(H2,19,20,21);1H. The molecular weight excluding hydrogens is 463 g/mol. The van der Waals surface area contributed by atoms with Crippen molar-refractivity contribution < 1.29 is 8.95 Å². The Hall–Kier alpha value is 0.0700. The molecule has 8 heteroatoms. The van der Waals surface area contributed by atoms with Crippen LogP contribution in [0.25, 0.3) is 0 Å². The summed E-state index contributed by atoms with van der Waals surface area (Å²) in [6.45, 7) is 15.7. The molecule has 2 atom stereocenters. The summed E-state index contributed by atoms with van der Waals surface area (Å²) in [5.41, 5.74) is 0. The summed E-state index contributed by atoms with van der Waals surface area (Å²) in [5, 5.41) is 6.73. The lowest BCUT2D eigenvalue weighted by atomic mass is 10.0. The largest absolute Gasteiger partial charge is 0.379 e. The van der Waals surface area contributed by atoms with Gasteiger partial charge in [-0.2, -0.15) is 0 Å². The van der Waals surface area contributed by atoms with Crippen LogP contribution in [-0.2, 0) is 15.5 Å². The maximum atomic E-state index is 12.1. The van der Waals surface area contributed by atoms with Crippen molar-refractivity contribution in [2.45, 2.75) is 51.8 Å². The van der Waals surface area contributed by atoms with E-state index in [2.05, 4.69) is 34.4 Å². The smallest absolute Gasteiger partial charge is 0.191 e. The molecule has 1 heterocycles. The number of guanidine groups is 1. The van der Waals surface area contributed by atoms with Crippen molar-refractivity contribution in [2.24, 2.45) is 10.9 Å². The number of nitrogens with one attached hydrogen (secondary N) is 2. The predicted molar refractivity (Wildman–Crippen MR) is 123 cm³/mol. The van der Waals surface area contributed by atoms with Crippen LogP contribution in [0.3, 0.4) is 0 Å². The number of ether oxygens (including phenoxy) is 1. The van der Waals surface area contributed by atoms with Gasteiger partial charge in [0.1, 0.15) is 0 Å². The van der Waals surface area contributed by atoms with Gasteiger partial charge in [-0.05, 0) is 33.1 Å². The maximum Gasteiger partial charge on any atom is 0.191 e. The number of halogens is 1. The van der Waals surface area contributed by atoms with Crippen molar-refractivity contribution in [1.82, 2.24) is 15.5 Å². The van der Waals surface area contributed by atoms with Crippen molar-refractivity contribution in [1.29, 1.82) is 0 Å². The van der Waals surface area contributed by atoms with Gasteiger partial charge in [-0.1, -0.05) is 13.8 Å². The summed E-state index contributed by atoms with van der Waals surface area (Å²) in [5.74, 6) is 2.06. The van der Waals surface area contributed by atoms with E-state index >= 15 is 0 Å². The minimum absolute atomic E-state index is 0. The molecule has 0 bridgehead atoms. The molecule has 0 aromatic rings. The zero-order valence-corrected chi connectivity index (χ0v) is 20.5. The van der Waals surface area contributed by atoms with Crippen molar-refractivity contribution >= 4 is 40.7 Å². The van der Waals surface area contributed by atoms with Gasteiger partial charge >= 0.3 is 0 Å². The topological polar surface area (TPSA) is 66.0 Å². The third-order valence-electron chi connectivity index (χ3n) is 4.30. The molecule has 0 radical (unpaired) electrons. The van der Waals surface area contributed by atoms with Crippen molar-refractivity contribution in [3.63, 3.8) is 0 Å². The molecule has 1 rings (SSSR count). The second kappa shape index (κ2) is 13.3. The fraction of sp³-hybridized carbons (Fsp3) is 0.944. The van der Waals surface area contributed by atoms with Gasteiger partial charge in [0.2, 0.25) is 0 Å². The Morgan fingerprint density at radius 3 is 2.35 bits per heavy atom. The van der Waals surface area contributed by atoms with E-state index in [1.54, 1.807) is 7.05 Å². The van der Waals surface area contributed by atoms with Gasteiger partial charge in [-0.15, -0.1) is 24.0 Å². The summed E-state index contributed by atoms with van der Waals surface area (Å²) in [4.78, 5) is 6.81. The lowest BCUT2D eigenvalue weighted by Crippen LogP contribution is -2.51. The summed E-state index contributed by atoms with van der Waals surface area (Å²) in [7, 11) is 0.933. The first-order valence-electron chi connectivity index (χ1n) is 9.38. The van der Waals surface area contributed by atoms with Crippen LogP contribution >= 0.6 is 24.0 Å². The van der Waals surface area contributed by atoms with Crippen LogP contribution < -0.4 is 10.6 Å². The number of nitrogens with zero attached hydrogens (tertiary/aromatic N) is 2. The van der Waals surface area contributed by atoms with E-state index in [4.69, 9.17) is 4.74 Å². The van der Waals surface area contributed by atoms with Crippen LogP contribution in [-0.4, -0.2) is 78.1 Å².